The van der Waals surface area contributed by atoms with Crippen LogP contribution >= 0.6 is 11.3 Å². The molecule has 0 saturated carbocycles. The maximum atomic E-state index is 12.5. The van der Waals surface area contributed by atoms with Crippen LogP contribution in [0, 0.1) is 13.8 Å². The number of thiazole rings is 1. The monoisotopic (exact) mass is 342 g/mol. The number of aromatic nitrogens is 1. The van der Waals surface area contributed by atoms with Crippen LogP contribution in [0.3, 0.4) is 0 Å². The molecule has 1 heterocycles. The predicted octanol–water partition coefficient (Wildman–Crippen LogP) is 4.18. The van der Waals surface area contributed by atoms with Crippen LogP contribution in [0.5, 0.6) is 11.5 Å². The van der Waals surface area contributed by atoms with E-state index < -0.39 is 0 Å². The van der Waals surface area contributed by atoms with Crippen LogP contribution in [0.25, 0.3) is 10.2 Å². The number of nitrogens with zero attached hydrogens (tertiary/aromatic N) is 1. The highest BCUT2D eigenvalue weighted by atomic mass is 32.1. The molecule has 1 amide bonds. The van der Waals surface area contributed by atoms with Crippen LogP contribution in [0.2, 0.25) is 0 Å². The van der Waals surface area contributed by atoms with Gasteiger partial charge in [0.2, 0.25) is 0 Å². The molecule has 2 aromatic carbocycles. The molecule has 0 aliphatic heterocycles. The molecule has 1 N–H and O–H groups in total. The summed E-state index contributed by atoms with van der Waals surface area (Å²) in [6.45, 7) is 4.05. The van der Waals surface area contributed by atoms with Crippen molar-refractivity contribution in [3.05, 3.63) is 47.0 Å². The normalized spacial score (nSPS) is 10.7. The Balaban J connectivity index is 1.92. The lowest BCUT2D eigenvalue weighted by atomic mass is 10.1. The molecule has 0 unspecified atom stereocenters. The van der Waals surface area contributed by atoms with Gasteiger partial charge in [-0.15, -0.1) is 0 Å². The van der Waals surface area contributed by atoms with Crippen LogP contribution in [0.1, 0.15) is 21.5 Å². The number of anilines is 1. The zero-order chi connectivity index (χ0) is 17.3. The molecule has 3 rings (SSSR count). The van der Waals surface area contributed by atoms with Crippen LogP contribution in [-0.4, -0.2) is 25.1 Å². The molecule has 0 saturated heterocycles. The Kier molecular flexibility index (Phi) is 4.40. The highest BCUT2D eigenvalue weighted by molar-refractivity contribution is 7.22. The van der Waals surface area contributed by atoms with Gasteiger partial charge in [-0.25, -0.2) is 4.98 Å². The standard InChI is InChI=1S/C18H18N2O3S/c1-10-5-6-11(2)16-15(10)19-18(24-16)20-17(21)12-7-13(22-3)9-14(8-12)23-4/h5-9H,1-4H3,(H,19,20,21). The van der Waals surface area contributed by atoms with E-state index in [1.807, 2.05) is 19.9 Å². The molecule has 0 bridgehead atoms. The number of methoxy groups -OCH3 is 2. The highest BCUT2D eigenvalue weighted by Crippen LogP contribution is 2.31. The SMILES string of the molecule is COc1cc(OC)cc(C(=O)Nc2nc3c(C)ccc(C)c3s2)c1. The Labute approximate surface area is 144 Å². The van der Waals surface area contributed by atoms with Gasteiger partial charge >= 0.3 is 0 Å². The summed E-state index contributed by atoms with van der Waals surface area (Å²) < 4.78 is 11.5. The third kappa shape index (κ3) is 3.05. The fourth-order valence-corrected chi connectivity index (χ4v) is 3.43. The first kappa shape index (κ1) is 16.3. The minimum absolute atomic E-state index is 0.249. The number of benzene rings is 2. The van der Waals surface area contributed by atoms with Gasteiger partial charge in [0.25, 0.3) is 5.91 Å². The highest BCUT2D eigenvalue weighted by Gasteiger charge is 2.14. The number of carbonyl (C=O) groups is 1. The Morgan fingerprint density at radius 1 is 1.04 bits per heavy atom. The van der Waals surface area contributed by atoms with E-state index in [2.05, 4.69) is 16.4 Å². The van der Waals surface area contributed by atoms with Crippen molar-refractivity contribution in [2.75, 3.05) is 19.5 Å². The van der Waals surface area contributed by atoms with Crippen molar-refractivity contribution >= 4 is 32.6 Å². The summed E-state index contributed by atoms with van der Waals surface area (Å²) in [7, 11) is 3.10. The van der Waals surface area contributed by atoms with E-state index >= 15 is 0 Å². The van der Waals surface area contributed by atoms with E-state index in [1.165, 1.54) is 11.3 Å². The van der Waals surface area contributed by atoms with Gasteiger partial charge in [0, 0.05) is 11.6 Å². The van der Waals surface area contributed by atoms with Crippen molar-refractivity contribution in [3.63, 3.8) is 0 Å². The number of ether oxygens (including phenoxy) is 2. The third-order valence-corrected chi connectivity index (χ3v) is 4.88. The summed E-state index contributed by atoms with van der Waals surface area (Å²) in [5.74, 6) is 0.882. The van der Waals surface area contributed by atoms with E-state index in [4.69, 9.17) is 9.47 Å². The number of fused-ring (bicyclic) bond motifs is 1. The van der Waals surface area contributed by atoms with E-state index in [1.54, 1.807) is 32.4 Å². The second-order valence-corrected chi connectivity index (χ2v) is 6.45. The lowest BCUT2D eigenvalue weighted by Gasteiger charge is -2.07. The summed E-state index contributed by atoms with van der Waals surface area (Å²) in [6, 6.07) is 9.16. The molecule has 0 radical (unpaired) electrons. The first-order valence-electron chi connectivity index (χ1n) is 7.43. The zero-order valence-electron chi connectivity index (χ0n) is 14.0. The van der Waals surface area contributed by atoms with Crippen LogP contribution in [0.4, 0.5) is 5.13 Å². The second-order valence-electron chi connectivity index (χ2n) is 5.45. The summed E-state index contributed by atoms with van der Waals surface area (Å²) in [5, 5.41) is 3.44. The maximum Gasteiger partial charge on any atom is 0.257 e. The first-order chi connectivity index (χ1) is 11.5. The lowest BCUT2D eigenvalue weighted by molar-refractivity contribution is 0.102. The zero-order valence-corrected chi connectivity index (χ0v) is 14.8. The van der Waals surface area contributed by atoms with Crippen LogP contribution in [-0.2, 0) is 0 Å². The molecule has 0 aliphatic carbocycles. The van der Waals surface area contributed by atoms with E-state index in [9.17, 15) is 4.79 Å². The molecule has 24 heavy (non-hydrogen) atoms. The molecule has 0 atom stereocenters. The minimum atomic E-state index is -0.249. The van der Waals surface area contributed by atoms with E-state index in [0.717, 1.165) is 21.3 Å². The second kappa shape index (κ2) is 6.49. The number of hydrogen-bond acceptors (Lipinski definition) is 5. The Morgan fingerprint density at radius 2 is 1.67 bits per heavy atom. The van der Waals surface area contributed by atoms with Gasteiger partial charge in [0.1, 0.15) is 11.5 Å². The van der Waals surface area contributed by atoms with Crippen molar-refractivity contribution in [2.45, 2.75) is 13.8 Å². The average Bonchev–Trinajstić information content (AvgIpc) is 3.02. The fourth-order valence-electron chi connectivity index (χ4n) is 2.42. The Bertz CT molecular complexity index is 857. The molecule has 0 aliphatic rings. The van der Waals surface area contributed by atoms with Gasteiger partial charge < -0.3 is 9.47 Å². The largest absolute Gasteiger partial charge is 0.497 e. The van der Waals surface area contributed by atoms with Gasteiger partial charge in [0.05, 0.1) is 24.4 Å². The molecule has 3 aromatic rings. The lowest BCUT2D eigenvalue weighted by Crippen LogP contribution is -2.12. The van der Waals surface area contributed by atoms with Crippen molar-refractivity contribution in [3.8, 4) is 11.5 Å². The Morgan fingerprint density at radius 3 is 2.25 bits per heavy atom. The van der Waals surface area contributed by atoms with Gasteiger partial charge in [-0.2, -0.15) is 0 Å². The van der Waals surface area contributed by atoms with Crippen LogP contribution < -0.4 is 14.8 Å². The summed E-state index contributed by atoms with van der Waals surface area (Å²) in [5.41, 5.74) is 3.63. The maximum absolute atomic E-state index is 12.5. The number of rotatable bonds is 4. The molecular weight excluding hydrogens is 324 g/mol. The molecule has 5 nitrogen and oxygen atoms in total. The fraction of sp³-hybridized carbons (Fsp3) is 0.222. The van der Waals surface area contributed by atoms with Crippen molar-refractivity contribution in [1.82, 2.24) is 4.98 Å². The molecule has 6 heteroatoms. The van der Waals surface area contributed by atoms with Crippen molar-refractivity contribution in [2.24, 2.45) is 0 Å². The Hall–Kier alpha value is -2.60. The van der Waals surface area contributed by atoms with Gasteiger partial charge in [-0.05, 0) is 37.1 Å². The summed E-state index contributed by atoms with van der Waals surface area (Å²) in [6.07, 6.45) is 0. The van der Waals surface area contributed by atoms with Crippen molar-refractivity contribution < 1.29 is 14.3 Å². The molecule has 124 valence electrons. The van der Waals surface area contributed by atoms with Crippen molar-refractivity contribution in [1.29, 1.82) is 0 Å². The molecule has 0 fully saturated rings. The minimum Gasteiger partial charge on any atom is -0.497 e. The van der Waals surface area contributed by atoms with Gasteiger partial charge in [0.15, 0.2) is 5.13 Å². The molecule has 1 aromatic heterocycles. The molecule has 0 spiro atoms. The van der Waals surface area contributed by atoms with Gasteiger partial charge in [-0.3, -0.25) is 10.1 Å². The average molecular weight is 342 g/mol. The van der Waals surface area contributed by atoms with Gasteiger partial charge in [-0.1, -0.05) is 23.5 Å². The number of aryl methyl sites for hydroxylation is 2. The smallest absolute Gasteiger partial charge is 0.257 e. The van der Waals surface area contributed by atoms with Crippen LogP contribution in [0.15, 0.2) is 30.3 Å². The first-order valence-corrected chi connectivity index (χ1v) is 8.24. The third-order valence-electron chi connectivity index (χ3n) is 3.78. The van der Waals surface area contributed by atoms with E-state index in [0.29, 0.717) is 22.2 Å². The number of hydrogen-bond donors (Lipinski definition) is 1. The number of amides is 1. The van der Waals surface area contributed by atoms with E-state index in [-0.39, 0.29) is 5.91 Å². The number of nitrogens with one attached hydrogen (secondary N) is 1. The topological polar surface area (TPSA) is 60.5 Å². The number of carbonyl (C=O) groups excluding carboxylic acids is 1. The summed E-state index contributed by atoms with van der Waals surface area (Å²) >= 11 is 1.48. The quantitative estimate of drug-likeness (QED) is 0.772. The summed E-state index contributed by atoms with van der Waals surface area (Å²) in [4.78, 5) is 17.1. The molecular formula is C18H18N2O3S. The predicted molar refractivity (Wildman–Crippen MR) is 96.6 cm³/mol.